The van der Waals surface area contributed by atoms with Gasteiger partial charge in [0.05, 0.1) is 5.69 Å². The maximum Gasteiger partial charge on any atom is 0.289 e. The normalized spacial score (nSPS) is 25.7. The molecule has 2 aliphatic rings. The molecule has 0 aliphatic heterocycles. The zero-order valence-corrected chi connectivity index (χ0v) is 13.7. The van der Waals surface area contributed by atoms with Crippen LogP contribution in [0, 0.1) is 6.92 Å². The summed E-state index contributed by atoms with van der Waals surface area (Å²) in [5, 5.41) is 6.85. The van der Waals surface area contributed by atoms with Gasteiger partial charge < -0.3 is 15.1 Å². The van der Waals surface area contributed by atoms with E-state index in [1.807, 2.05) is 13.8 Å². The SMILES string of the molecule is CCc1nc(C)c(C(=O)N[C@@H]2CC[C@@H]2NC2CCCCC2)o1. The summed E-state index contributed by atoms with van der Waals surface area (Å²) < 4.78 is 5.54. The van der Waals surface area contributed by atoms with Crippen LogP contribution in [0.5, 0.6) is 0 Å². The molecule has 5 nitrogen and oxygen atoms in total. The molecule has 1 amide bonds. The zero-order chi connectivity index (χ0) is 15.5. The Morgan fingerprint density at radius 1 is 1.18 bits per heavy atom. The molecule has 1 aromatic heterocycles. The van der Waals surface area contributed by atoms with Crippen molar-refractivity contribution in [3.05, 3.63) is 17.3 Å². The maximum absolute atomic E-state index is 12.4. The van der Waals surface area contributed by atoms with Gasteiger partial charge in [-0.05, 0) is 32.6 Å². The van der Waals surface area contributed by atoms with E-state index in [0.29, 0.717) is 35.8 Å². The van der Waals surface area contributed by atoms with E-state index in [-0.39, 0.29) is 11.9 Å². The van der Waals surface area contributed by atoms with Gasteiger partial charge >= 0.3 is 0 Å². The van der Waals surface area contributed by atoms with Gasteiger partial charge in [0.2, 0.25) is 5.76 Å². The summed E-state index contributed by atoms with van der Waals surface area (Å²) in [6, 6.07) is 1.28. The first-order valence-corrected chi connectivity index (χ1v) is 8.70. The van der Waals surface area contributed by atoms with Gasteiger partial charge in [0.15, 0.2) is 5.89 Å². The fourth-order valence-electron chi connectivity index (χ4n) is 3.49. The third-order valence-electron chi connectivity index (χ3n) is 5.00. The van der Waals surface area contributed by atoms with Crippen molar-refractivity contribution in [2.75, 3.05) is 0 Å². The molecule has 1 aromatic rings. The van der Waals surface area contributed by atoms with Gasteiger partial charge in [-0.2, -0.15) is 0 Å². The first-order chi connectivity index (χ1) is 10.7. The lowest BCUT2D eigenvalue weighted by atomic mass is 9.84. The minimum absolute atomic E-state index is 0.121. The number of carbonyl (C=O) groups excluding carboxylic acids is 1. The Hall–Kier alpha value is -1.36. The van der Waals surface area contributed by atoms with Crippen molar-refractivity contribution in [1.29, 1.82) is 0 Å². The van der Waals surface area contributed by atoms with Crippen LogP contribution in [0.1, 0.15) is 74.0 Å². The number of nitrogens with zero attached hydrogens (tertiary/aromatic N) is 1. The number of hydrogen-bond acceptors (Lipinski definition) is 4. The summed E-state index contributed by atoms with van der Waals surface area (Å²) in [6.07, 6.45) is 9.49. The fraction of sp³-hybridized carbons (Fsp3) is 0.765. The summed E-state index contributed by atoms with van der Waals surface area (Å²) in [5.41, 5.74) is 0.686. The lowest BCUT2D eigenvalue weighted by molar-refractivity contribution is 0.0855. The molecular formula is C17H27N3O2. The molecule has 0 aromatic carbocycles. The molecule has 2 fully saturated rings. The molecule has 2 aliphatic carbocycles. The minimum atomic E-state index is -0.121. The number of nitrogens with one attached hydrogen (secondary N) is 2. The Morgan fingerprint density at radius 3 is 2.50 bits per heavy atom. The fourth-order valence-corrected chi connectivity index (χ4v) is 3.49. The molecule has 0 unspecified atom stereocenters. The minimum Gasteiger partial charge on any atom is -0.435 e. The number of carbonyl (C=O) groups is 1. The van der Waals surface area contributed by atoms with E-state index in [2.05, 4.69) is 15.6 Å². The summed E-state index contributed by atoms with van der Waals surface area (Å²) >= 11 is 0. The van der Waals surface area contributed by atoms with Gasteiger partial charge in [0, 0.05) is 24.5 Å². The second kappa shape index (κ2) is 6.82. The monoisotopic (exact) mass is 305 g/mol. The summed E-state index contributed by atoms with van der Waals surface area (Å²) in [7, 11) is 0. The number of rotatable bonds is 5. The number of aromatic nitrogens is 1. The molecule has 22 heavy (non-hydrogen) atoms. The van der Waals surface area contributed by atoms with Crippen molar-refractivity contribution < 1.29 is 9.21 Å². The summed E-state index contributed by atoms with van der Waals surface area (Å²) in [5.74, 6) is 0.887. The molecule has 122 valence electrons. The Labute approximate surface area is 132 Å². The highest BCUT2D eigenvalue weighted by atomic mass is 16.4. The second-order valence-corrected chi connectivity index (χ2v) is 6.64. The molecular weight excluding hydrogens is 278 g/mol. The second-order valence-electron chi connectivity index (χ2n) is 6.64. The van der Waals surface area contributed by atoms with Crippen molar-refractivity contribution in [3.63, 3.8) is 0 Å². The van der Waals surface area contributed by atoms with Gasteiger partial charge in [-0.15, -0.1) is 0 Å². The lowest BCUT2D eigenvalue weighted by Crippen LogP contribution is -2.59. The van der Waals surface area contributed by atoms with Crippen LogP contribution in [0.2, 0.25) is 0 Å². The third-order valence-corrected chi connectivity index (χ3v) is 5.00. The van der Waals surface area contributed by atoms with Crippen LogP contribution >= 0.6 is 0 Å². The predicted octanol–water partition coefficient (Wildman–Crippen LogP) is 2.73. The van der Waals surface area contributed by atoms with E-state index < -0.39 is 0 Å². The van der Waals surface area contributed by atoms with Gasteiger partial charge in [0.1, 0.15) is 0 Å². The molecule has 0 bridgehead atoms. The van der Waals surface area contributed by atoms with E-state index in [4.69, 9.17) is 4.42 Å². The lowest BCUT2D eigenvalue weighted by Gasteiger charge is -2.40. The first-order valence-electron chi connectivity index (χ1n) is 8.70. The number of aryl methyl sites for hydroxylation is 2. The molecule has 0 radical (unpaired) electrons. The van der Waals surface area contributed by atoms with Gasteiger partial charge in [-0.25, -0.2) is 4.98 Å². The smallest absolute Gasteiger partial charge is 0.289 e. The van der Waals surface area contributed by atoms with Gasteiger partial charge in [0.25, 0.3) is 5.91 Å². The van der Waals surface area contributed by atoms with Crippen LogP contribution in [-0.2, 0) is 6.42 Å². The van der Waals surface area contributed by atoms with E-state index in [9.17, 15) is 4.79 Å². The molecule has 3 rings (SSSR count). The third kappa shape index (κ3) is 3.35. The molecule has 2 N–H and O–H groups in total. The van der Waals surface area contributed by atoms with Gasteiger partial charge in [-0.3, -0.25) is 4.79 Å². The van der Waals surface area contributed by atoms with Crippen molar-refractivity contribution in [3.8, 4) is 0 Å². The van der Waals surface area contributed by atoms with Crippen LogP contribution in [-0.4, -0.2) is 29.0 Å². The average Bonchev–Trinajstić information content (AvgIpc) is 2.91. The van der Waals surface area contributed by atoms with Crippen LogP contribution < -0.4 is 10.6 Å². The van der Waals surface area contributed by atoms with Crippen molar-refractivity contribution >= 4 is 5.91 Å². The van der Waals surface area contributed by atoms with E-state index in [0.717, 1.165) is 12.8 Å². The maximum atomic E-state index is 12.4. The highest BCUT2D eigenvalue weighted by molar-refractivity contribution is 5.92. The largest absolute Gasteiger partial charge is 0.435 e. The number of oxazole rings is 1. The Kier molecular flexibility index (Phi) is 4.81. The van der Waals surface area contributed by atoms with Crippen LogP contribution in [0.15, 0.2) is 4.42 Å². The zero-order valence-electron chi connectivity index (χ0n) is 13.7. The van der Waals surface area contributed by atoms with Crippen LogP contribution in [0.4, 0.5) is 0 Å². The van der Waals surface area contributed by atoms with Crippen molar-refractivity contribution in [2.45, 2.75) is 83.3 Å². The Balaban J connectivity index is 1.53. The highest BCUT2D eigenvalue weighted by Gasteiger charge is 2.34. The van der Waals surface area contributed by atoms with Crippen molar-refractivity contribution in [1.82, 2.24) is 15.6 Å². The van der Waals surface area contributed by atoms with E-state index in [1.165, 1.54) is 32.1 Å². The van der Waals surface area contributed by atoms with Crippen LogP contribution in [0.25, 0.3) is 0 Å². The number of hydrogen-bond donors (Lipinski definition) is 2. The van der Waals surface area contributed by atoms with Crippen LogP contribution in [0.3, 0.4) is 0 Å². The predicted molar refractivity (Wildman–Crippen MR) is 84.9 cm³/mol. The first kappa shape index (κ1) is 15.5. The van der Waals surface area contributed by atoms with Crippen molar-refractivity contribution in [2.24, 2.45) is 0 Å². The summed E-state index contributed by atoms with van der Waals surface area (Å²) in [6.45, 7) is 3.80. The average molecular weight is 305 g/mol. The summed E-state index contributed by atoms with van der Waals surface area (Å²) in [4.78, 5) is 16.6. The topological polar surface area (TPSA) is 67.2 Å². The Bertz CT molecular complexity index is 520. The van der Waals surface area contributed by atoms with E-state index in [1.54, 1.807) is 0 Å². The molecule has 0 saturated heterocycles. The molecule has 5 heteroatoms. The van der Waals surface area contributed by atoms with Gasteiger partial charge in [-0.1, -0.05) is 26.2 Å². The quantitative estimate of drug-likeness (QED) is 0.878. The Morgan fingerprint density at radius 2 is 1.91 bits per heavy atom. The highest BCUT2D eigenvalue weighted by Crippen LogP contribution is 2.25. The molecule has 2 atom stereocenters. The number of amides is 1. The molecule has 0 spiro atoms. The van der Waals surface area contributed by atoms with E-state index >= 15 is 0 Å². The molecule has 2 saturated carbocycles. The molecule has 1 heterocycles. The standard InChI is InChI=1S/C17H27N3O2/c1-3-15-18-11(2)16(22-15)17(21)20-14-10-9-13(14)19-12-7-5-4-6-8-12/h12-14,19H,3-10H2,1-2H3,(H,20,21)/t13-,14+/m0/s1.